The van der Waals surface area contributed by atoms with Gasteiger partial charge in [0, 0.05) is 24.9 Å². The Morgan fingerprint density at radius 2 is 1.48 bits per heavy atom. The van der Waals surface area contributed by atoms with Gasteiger partial charge in [-0.15, -0.1) is 0 Å². The van der Waals surface area contributed by atoms with Gasteiger partial charge in [0.05, 0.1) is 26.1 Å². The molecule has 0 atom stereocenters. The van der Waals surface area contributed by atoms with Crippen molar-refractivity contribution < 1.29 is 14.5 Å². The first-order valence-corrected chi connectivity index (χ1v) is 11.1. The van der Waals surface area contributed by atoms with Gasteiger partial charge in [-0.1, -0.05) is 66.7 Å². The van der Waals surface area contributed by atoms with E-state index >= 15 is 0 Å². The van der Waals surface area contributed by atoms with Gasteiger partial charge in [-0.2, -0.15) is 0 Å². The lowest BCUT2D eigenvalue weighted by atomic mass is 10.0. The van der Waals surface area contributed by atoms with E-state index in [0.717, 1.165) is 28.4 Å². The highest BCUT2D eigenvalue weighted by Crippen LogP contribution is 2.18. The minimum absolute atomic E-state index is 0.0139. The van der Waals surface area contributed by atoms with Crippen molar-refractivity contribution in [3.8, 4) is 0 Å². The quantitative estimate of drug-likeness (QED) is 0.526. The Morgan fingerprint density at radius 1 is 0.774 bits per heavy atom. The van der Waals surface area contributed by atoms with Crippen LogP contribution in [-0.4, -0.2) is 31.4 Å². The third kappa shape index (κ3) is 5.92. The van der Waals surface area contributed by atoms with Gasteiger partial charge in [0.25, 0.3) is 0 Å². The summed E-state index contributed by atoms with van der Waals surface area (Å²) in [6.07, 6.45) is 2.92. The number of rotatable bonds is 8. The molecule has 31 heavy (non-hydrogen) atoms. The highest BCUT2D eigenvalue weighted by atomic mass is 16.2. The molecule has 1 saturated heterocycles. The van der Waals surface area contributed by atoms with Gasteiger partial charge in [0.2, 0.25) is 11.8 Å². The zero-order chi connectivity index (χ0) is 21.5. The molecular formula is C26H30N3O2+. The molecule has 0 unspecified atom stereocenters. The van der Waals surface area contributed by atoms with Crippen LogP contribution in [0.4, 0.5) is 0 Å². The van der Waals surface area contributed by atoms with Gasteiger partial charge < -0.3 is 15.5 Å². The fraction of sp³-hybridized carbons (Fsp3) is 0.308. The Kier molecular flexibility index (Phi) is 6.95. The third-order valence-corrected chi connectivity index (χ3v) is 5.95. The molecule has 160 valence electrons. The van der Waals surface area contributed by atoms with Crippen LogP contribution < -0.4 is 15.5 Å². The van der Waals surface area contributed by atoms with Crippen LogP contribution in [0, 0.1) is 0 Å². The van der Waals surface area contributed by atoms with Crippen molar-refractivity contribution in [2.24, 2.45) is 0 Å². The summed E-state index contributed by atoms with van der Waals surface area (Å²) < 4.78 is 0. The molecule has 5 heteroatoms. The number of hydrogen-bond acceptors (Lipinski definition) is 2. The van der Waals surface area contributed by atoms with Gasteiger partial charge >= 0.3 is 0 Å². The van der Waals surface area contributed by atoms with Gasteiger partial charge in [0.1, 0.15) is 6.54 Å². The van der Waals surface area contributed by atoms with Gasteiger partial charge in [0.15, 0.2) is 0 Å². The third-order valence-electron chi connectivity index (χ3n) is 5.95. The monoisotopic (exact) mass is 416 g/mol. The van der Waals surface area contributed by atoms with Crippen LogP contribution in [0.5, 0.6) is 0 Å². The number of nitrogens with one attached hydrogen (secondary N) is 3. The van der Waals surface area contributed by atoms with E-state index in [9.17, 15) is 9.59 Å². The fourth-order valence-electron chi connectivity index (χ4n) is 4.24. The maximum absolute atomic E-state index is 12.3. The van der Waals surface area contributed by atoms with E-state index in [4.69, 9.17) is 0 Å². The molecule has 0 spiro atoms. The van der Waals surface area contributed by atoms with E-state index in [0.29, 0.717) is 6.54 Å². The lowest BCUT2D eigenvalue weighted by molar-refractivity contribution is -0.901. The lowest BCUT2D eigenvalue weighted by Gasteiger charge is -2.12. The summed E-state index contributed by atoms with van der Waals surface area (Å²) in [4.78, 5) is 26.1. The summed E-state index contributed by atoms with van der Waals surface area (Å²) in [5.74, 6) is -0.336. The second kappa shape index (κ2) is 10.2. The van der Waals surface area contributed by atoms with Gasteiger partial charge in [-0.05, 0) is 21.9 Å². The van der Waals surface area contributed by atoms with Crippen molar-refractivity contribution in [2.45, 2.75) is 32.4 Å². The minimum Gasteiger partial charge on any atom is -0.350 e. The van der Waals surface area contributed by atoms with Crippen molar-refractivity contribution >= 4 is 22.6 Å². The summed E-state index contributed by atoms with van der Waals surface area (Å²) >= 11 is 0. The number of benzene rings is 3. The van der Waals surface area contributed by atoms with E-state index in [1.165, 1.54) is 31.5 Å². The van der Waals surface area contributed by atoms with E-state index in [-0.39, 0.29) is 24.8 Å². The van der Waals surface area contributed by atoms with Crippen LogP contribution in [0.1, 0.15) is 29.5 Å². The van der Waals surface area contributed by atoms with E-state index < -0.39 is 0 Å². The molecule has 3 aromatic carbocycles. The summed E-state index contributed by atoms with van der Waals surface area (Å²) in [5, 5.41) is 7.79. The second-order valence-electron chi connectivity index (χ2n) is 8.32. The molecule has 0 aliphatic carbocycles. The molecule has 0 radical (unpaired) electrons. The first-order valence-electron chi connectivity index (χ1n) is 11.1. The summed E-state index contributed by atoms with van der Waals surface area (Å²) in [5.41, 5.74) is 3.37. The maximum Gasteiger partial charge on any atom is 0.239 e. The second-order valence-corrected chi connectivity index (χ2v) is 8.32. The van der Waals surface area contributed by atoms with Crippen LogP contribution >= 0.6 is 0 Å². The number of carbonyl (C=O) groups excluding carboxylic acids is 2. The van der Waals surface area contributed by atoms with Crippen LogP contribution in [0.25, 0.3) is 10.8 Å². The number of likely N-dealkylation sites (tertiary alicyclic amines) is 1. The van der Waals surface area contributed by atoms with Gasteiger partial charge in [-0.25, -0.2) is 0 Å². The van der Waals surface area contributed by atoms with E-state index in [2.05, 4.69) is 34.9 Å². The average Bonchev–Trinajstić information content (AvgIpc) is 3.30. The molecule has 5 nitrogen and oxygen atoms in total. The molecule has 1 heterocycles. The predicted octanol–water partition coefficient (Wildman–Crippen LogP) is 1.99. The molecule has 0 aromatic heterocycles. The zero-order valence-corrected chi connectivity index (χ0v) is 17.8. The topological polar surface area (TPSA) is 62.6 Å². The van der Waals surface area contributed by atoms with Crippen molar-refractivity contribution in [1.82, 2.24) is 10.6 Å². The SMILES string of the molecule is O=C(CNC(=O)Cc1cccc2ccccc12)NCc1ccc(C[NH+]2CCCC2)cc1. The molecule has 1 fully saturated rings. The van der Waals surface area contributed by atoms with Crippen molar-refractivity contribution in [2.75, 3.05) is 19.6 Å². The standard InChI is InChI=1S/C26H29N3O2/c30-25(16-23-8-5-7-22-6-1-2-9-24(22)23)28-18-26(31)27-17-20-10-12-21(13-11-20)19-29-14-3-4-15-29/h1-2,5-13H,3-4,14-19H2,(H,27,31)(H,28,30)/p+1. The number of quaternary nitrogens is 1. The molecule has 4 rings (SSSR count). The van der Waals surface area contributed by atoms with E-state index in [1.807, 2.05) is 42.5 Å². The van der Waals surface area contributed by atoms with Crippen LogP contribution in [-0.2, 0) is 29.1 Å². The summed E-state index contributed by atoms with van der Waals surface area (Å²) in [6.45, 7) is 4.07. The first kappa shape index (κ1) is 21.1. The van der Waals surface area contributed by atoms with Crippen molar-refractivity contribution in [3.63, 3.8) is 0 Å². The molecule has 3 N–H and O–H groups in total. The molecular weight excluding hydrogens is 386 g/mol. The summed E-state index contributed by atoms with van der Waals surface area (Å²) in [6, 6.07) is 22.4. The predicted molar refractivity (Wildman–Crippen MR) is 123 cm³/mol. The molecule has 1 aliphatic rings. The number of carbonyl (C=O) groups is 2. The van der Waals surface area contributed by atoms with Crippen LogP contribution in [0.2, 0.25) is 0 Å². The highest BCUT2D eigenvalue weighted by molar-refractivity contribution is 5.91. The fourth-order valence-corrected chi connectivity index (χ4v) is 4.24. The largest absolute Gasteiger partial charge is 0.350 e. The molecule has 2 amide bonds. The van der Waals surface area contributed by atoms with Crippen molar-refractivity contribution in [1.29, 1.82) is 0 Å². The Bertz CT molecular complexity index is 1030. The van der Waals surface area contributed by atoms with E-state index in [1.54, 1.807) is 4.90 Å². The molecule has 0 bridgehead atoms. The van der Waals surface area contributed by atoms with Gasteiger partial charge in [-0.3, -0.25) is 9.59 Å². The molecule has 1 aliphatic heterocycles. The zero-order valence-electron chi connectivity index (χ0n) is 17.8. The maximum atomic E-state index is 12.3. The number of fused-ring (bicyclic) bond motifs is 1. The lowest BCUT2D eigenvalue weighted by Crippen LogP contribution is -3.08. The Balaban J connectivity index is 1.20. The molecule has 3 aromatic rings. The number of amides is 2. The Hall–Kier alpha value is -3.18. The van der Waals surface area contributed by atoms with Crippen LogP contribution in [0.3, 0.4) is 0 Å². The Morgan fingerprint density at radius 3 is 2.29 bits per heavy atom. The highest BCUT2D eigenvalue weighted by Gasteiger charge is 2.15. The molecule has 0 saturated carbocycles. The smallest absolute Gasteiger partial charge is 0.239 e. The van der Waals surface area contributed by atoms with Crippen LogP contribution in [0.15, 0.2) is 66.7 Å². The first-order chi connectivity index (χ1) is 15.2. The Labute approximate surface area is 183 Å². The average molecular weight is 417 g/mol. The minimum atomic E-state index is -0.183. The normalized spacial score (nSPS) is 13.9. The summed E-state index contributed by atoms with van der Waals surface area (Å²) in [7, 11) is 0. The number of hydrogen-bond donors (Lipinski definition) is 3. The van der Waals surface area contributed by atoms with Crippen molar-refractivity contribution in [3.05, 3.63) is 83.4 Å².